The minimum Gasteiger partial charge on any atom is -0.497 e. The highest BCUT2D eigenvalue weighted by Crippen LogP contribution is 2.29. The van der Waals surface area contributed by atoms with Crippen molar-refractivity contribution < 1.29 is 14.3 Å². The van der Waals surface area contributed by atoms with Crippen molar-refractivity contribution in [3.63, 3.8) is 0 Å². The van der Waals surface area contributed by atoms with Crippen LogP contribution in [0.15, 0.2) is 53.7 Å². The van der Waals surface area contributed by atoms with Crippen LogP contribution in [0.4, 0.5) is 5.69 Å². The molecule has 1 aromatic heterocycles. The van der Waals surface area contributed by atoms with Gasteiger partial charge in [0.25, 0.3) is 0 Å². The zero-order chi connectivity index (χ0) is 23.0. The smallest absolute Gasteiger partial charge is 0.234 e. The van der Waals surface area contributed by atoms with Crippen molar-refractivity contribution >= 4 is 23.4 Å². The topological polar surface area (TPSA) is 81.5 Å². The van der Waals surface area contributed by atoms with Crippen molar-refractivity contribution in [1.29, 1.82) is 0 Å². The van der Waals surface area contributed by atoms with Crippen LogP contribution in [-0.2, 0) is 17.9 Å². The van der Waals surface area contributed by atoms with E-state index in [0.717, 1.165) is 30.6 Å². The van der Waals surface area contributed by atoms with Gasteiger partial charge in [0.05, 0.1) is 38.7 Å². The molecule has 3 aromatic rings. The Morgan fingerprint density at radius 1 is 1.03 bits per heavy atom. The van der Waals surface area contributed by atoms with Gasteiger partial charge >= 0.3 is 0 Å². The number of ether oxygens (including phenoxy) is 2. The molecule has 174 valence electrons. The number of benzene rings is 2. The summed E-state index contributed by atoms with van der Waals surface area (Å²) >= 11 is 1.38. The van der Waals surface area contributed by atoms with Gasteiger partial charge in [-0.2, -0.15) is 0 Å². The van der Waals surface area contributed by atoms with Gasteiger partial charge in [-0.1, -0.05) is 42.1 Å². The molecule has 0 spiro atoms. The zero-order valence-electron chi connectivity index (χ0n) is 19.0. The second-order valence-electron chi connectivity index (χ2n) is 7.86. The first-order chi connectivity index (χ1) is 16.2. The number of nitrogens with one attached hydrogen (secondary N) is 1. The SMILES string of the molecule is COc1ccc(OC)c(NC(=O)CSc2nnc(CN3CCCC3)n2Cc2ccccc2)c1. The molecule has 0 bridgehead atoms. The van der Waals surface area contributed by atoms with E-state index < -0.39 is 0 Å². The first-order valence-electron chi connectivity index (χ1n) is 11.0. The zero-order valence-corrected chi connectivity index (χ0v) is 19.8. The van der Waals surface area contributed by atoms with E-state index >= 15 is 0 Å². The molecule has 0 radical (unpaired) electrons. The molecule has 0 atom stereocenters. The van der Waals surface area contributed by atoms with E-state index in [0.29, 0.717) is 23.7 Å². The lowest BCUT2D eigenvalue weighted by Gasteiger charge is -2.16. The summed E-state index contributed by atoms with van der Waals surface area (Å²) in [7, 11) is 3.16. The van der Waals surface area contributed by atoms with Crippen LogP contribution >= 0.6 is 11.8 Å². The molecule has 1 aliphatic rings. The number of hydrogen-bond acceptors (Lipinski definition) is 7. The molecule has 1 saturated heterocycles. The standard InChI is InChI=1S/C24H29N5O3S/c1-31-19-10-11-21(32-2)20(14-19)25-23(30)17-33-24-27-26-22(16-28-12-6-7-13-28)29(24)15-18-8-4-3-5-9-18/h3-5,8-11,14H,6-7,12-13,15-17H2,1-2H3,(H,25,30). The minimum atomic E-state index is -0.151. The van der Waals surface area contributed by atoms with Crippen LogP contribution in [0.2, 0.25) is 0 Å². The second kappa shape index (κ2) is 11.2. The number of methoxy groups -OCH3 is 2. The third kappa shape index (κ3) is 6.06. The Kier molecular flexibility index (Phi) is 7.85. The number of aromatic nitrogens is 3. The van der Waals surface area contributed by atoms with Crippen LogP contribution < -0.4 is 14.8 Å². The molecule has 2 aromatic carbocycles. The van der Waals surface area contributed by atoms with Crippen LogP contribution in [0.1, 0.15) is 24.2 Å². The predicted octanol–water partition coefficient (Wildman–Crippen LogP) is 3.67. The quantitative estimate of drug-likeness (QED) is 0.456. The summed E-state index contributed by atoms with van der Waals surface area (Å²) in [6, 6.07) is 15.6. The average molecular weight is 468 g/mol. The van der Waals surface area contributed by atoms with E-state index in [2.05, 4.69) is 37.1 Å². The van der Waals surface area contributed by atoms with Gasteiger partial charge in [0.1, 0.15) is 17.3 Å². The van der Waals surface area contributed by atoms with Gasteiger partial charge in [0.2, 0.25) is 5.91 Å². The van der Waals surface area contributed by atoms with Gasteiger partial charge in [-0.15, -0.1) is 10.2 Å². The van der Waals surface area contributed by atoms with E-state index in [1.165, 1.54) is 30.2 Å². The first kappa shape index (κ1) is 23.1. The Morgan fingerprint density at radius 3 is 2.55 bits per heavy atom. The summed E-state index contributed by atoms with van der Waals surface area (Å²) in [5, 5.41) is 12.5. The molecule has 8 nitrogen and oxygen atoms in total. The van der Waals surface area contributed by atoms with Crippen molar-refractivity contribution in [2.75, 3.05) is 38.4 Å². The van der Waals surface area contributed by atoms with Gasteiger partial charge in [-0.25, -0.2) is 0 Å². The maximum atomic E-state index is 12.7. The molecule has 1 N–H and O–H groups in total. The molecule has 2 heterocycles. The van der Waals surface area contributed by atoms with Crippen molar-refractivity contribution in [2.24, 2.45) is 0 Å². The molecular weight excluding hydrogens is 438 g/mol. The highest BCUT2D eigenvalue weighted by molar-refractivity contribution is 7.99. The molecular formula is C24H29N5O3S. The van der Waals surface area contributed by atoms with Crippen molar-refractivity contribution in [1.82, 2.24) is 19.7 Å². The fourth-order valence-corrected chi connectivity index (χ4v) is 4.59. The summed E-state index contributed by atoms with van der Waals surface area (Å²) in [4.78, 5) is 15.1. The number of carbonyl (C=O) groups excluding carboxylic acids is 1. The molecule has 9 heteroatoms. The maximum absolute atomic E-state index is 12.7. The highest BCUT2D eigenvalue weighted by Gasteiger charge is 2.19. The Labute approximate surface area is 198 Å². The minimum absolute atomic E-state index is 0.151. The van der Waals surface area contributed by atoms with Crippen LogP contribution in [0.25, 0.3) is 0 Å². The number of hydrogen-bond donors (Lipinski definition) is 1. The van der Waals surface area contributed by atoms with Crippen LogP contribution in [0.3, 0.4) is 0 Å². The third-order valence-corrected chi connectivity index (χ3v) is 6.52. The maximum Gasteiger partial charge on any atom is 0.234 e. The molecule has 1 fully saturated rings. The Balaban J connectivity index is 1.46. The monoisotopic (exact) mass is 467 g/mol. The molecule has 4 rings (SSSR count). The number of carbonyl (C=O) groups is 1. The summed E-state index contributed by atoms with van der Waals surface area (Å²) in [5.74, 6) is 2.21. The normalized spacial score (nSPS) is 13.8. The van der Waals surface area contributed by atoms with E-state index in [4.69, 9.17) is 9.47 Å². The Morgan fingerprint density at radius 2 is 1.82 bits per heavy atom. The fraction of sp³-hybridized carbons (Fsp3) is 0.375. The molecule has 1 amide bonds. The summed E-state index contributed by atoms with van der Waals surface area (Å²) < 4.78 is 12.7. The molecule has 0 aliphatic carbocycles. The predicted molar refractivity (Wildman–Crippen MR) is 129 cm³/mol. The highest BCUT2D eigenvalue weighted by atomic mass is 32.2. The molecule has 33 heavy (non-hydrogen) atoms. The van der Waals surface area contributed by atoms with E-state index in [1.54, 1.807) is 32.4 Å². The van der Waals surface area contributed by atoms with Gasteiger partial charge in [-0.05, 0) is 43.6 Å². The van der Waals surface area contributed by atoms with Gasteiger partial charge < -0.3 is 19.4 Å². The first-order valence-corrected chi connectivity index (χ1v) is 12.0. The van der Waals surface area contributed by atoms with Crippen LogP contribution in [0.5, 0.6) is 11.5 Å². The largest absolute Gasteiger partial charge is 0.497 e. The lowest BCUT2D eigenvalue weighted by atomic mass is 10.2. The van der Waals surface area contributed by atoms with Crippen LogP contribution in [0, 0.1) is 0 Å². The van der Waals surface area contributed by atoms with Gasteiger partial charge in [-0.3, -0.25) is 9.69 Å². The number of anilines is 1. The number of nitrogens with zero attached hydrogens (tertiary/aromatic N) is 4. The number of amides is 1. The number of rotatable bonds is 10. The second-order valence-corrected chi connectivity index (χ2v) is 8.80. The van der Waals surface area contributed by atoms with E-state index in [-0.39, 0.29) is 11.7 Å². The molecule has 0 saturated carbocycles. The summed E-state index contributed by atoms with van der Waals surface area (Å²) in [6.45, 7) is 3.62. The molecule has 1 aliphatic heterocycles. The van der Waals surface area contributed by atoms with Gasteiger partial charge in [0, 0.05) is 6.07 Å². The van der Waals surface area contributed by atoms with Crippen molar-refractivity contribution in [2.45, 2.75) is 31.1 Å². The summed E-state index contributed by atoms with van der Waals surface area (Å²) in [5.41, 5.74) is 1.75. The lowest BCUT2D eigenvalue weighted by molar-refractivity contribution is -0.113. The summed E-state index contributed by atoms with van der Waals surface area (Å²) in [6.07, 6.45) is 2.45. The number of thioether (sulfide) groups is 1. The Hall–Kier alpha value is -3.04. The van der Waals surface area contributed by atoms with Crippen LogP contribution in [-0.4, -0.2) is 58.6 Å². The average Bonchev–Trinajstić information content (AvgIpc) is 3.49. The van der Waals surface area contributed by atoms with Crippen molar-refractivity contribution in [3.05, 3.63) is 59.9 Å². The lowest BCUT2D eigenvalue weighted by Crippen LogP contribution is -2.22. The van der Waals surface area contributed by atoms with Crippen molar-refractivity contribution in [3.8, 4) is 11.5 Å². The van der Waals surface area contributed by atoms with E-state index in [1.807, 2.05) is 18.2 Å². The van der Waals surface area contributed by atoms with E-state index in [9.17, 15) is 4.79 Å². The number of likely N-dealkylation sites (tertiary alicyclic amines) is 1. The Bertz CT molecular complexity index is 1070. The van der Waals surface area contributed by atoms with Gasteiger partial charge in [0.15, 0.2) is 5.16 Å². The third-order valence-electron chi connectivity index (χ3n) is 5.55. The fourth-order valence-electron chi connectivity index (χ4n) is 3.84. The molecule has 0 unspecified atom stereocenters.